The summed E-state index contributed by atoms with van der Waals surface area (Å²) in [6, 6.07) is 18.0. The van der Waals surface area contributed by atoms with Crippen molar-refractivity contribution in [3.05, 3.63) is 81.0 Å². The van der Waals surface area contributed by atoms with Crippen molar-refractivity contribution in [1.82, 2.24) is 19.8 Å². The van der Waals surface area contributed by atoms with Crippen molar-refractivity contribution in [1.29, 1.82) is 0 Å². The molecular weight excluding hydrogens is 732 g/mol. The molecule has 0 saturated carbocycles. The summed E-state index contributed by atoms with van der Waals surface area (Å²) in [7, 11) is 0. The van der Waals surface area contributed by atoms with E-state index in [4.69, 9.17) is 32.9 Å². The van der Waals surface area contributed by atoms with Crippen molar-refractivity contribution < 1.29 is 14.4 Å². The number of carbonyl (C=O) groups excluding carboxylic acids is 3. The van der Waals surface area contributed by atoms with E-state index < -0.39 is 23.3 Å². The Bertz CT molecular complexity index is 1770. The standard InChI is InChI=1S/C32H34Br2N10O3/c33-21-5-9-25-19(15-21)3-7-23(41-25)17-32(18-24-8-4-20-16-22(34)6-10-26(20)42-24)27(45)43(13-1-11-39-29(35)36)31(47)44(28(32)46)14-2-12-40-30(37)38/h3-10,15-16H,1-2,11-14,17-18H2,(H4,35,36,39)(H4,37,38,40). The highest BCUT2D eigenvalue weighted by molar-refractivity contribution is 9.10. The summed E-state index contributed by atoms with van der Waals surface area (Å²) < 4.78 is 1.80. The Kier molecular flexibility index (Phi) is 10.3. The third-order valence-corrected chi connectivity index (χ3v) is 8.81. The van der Waals surface area contributed by atoms with Crippen molar-refractivity contribution in [2.24, 2.45) is 38.3 Å². The predicted octanol–water partition coefficient (Wildman–Crippen LogP) is 3.20. The first kappa shape index (κ1) is 33.7. The molecule has 47 heavy (non-hydrogen) atoms. The predicted molar refractivity (Wildman–Crippen MR) is 188 cm³/mol. The maximum Gasteiger partial charge on any atom is 0.333 e. The van der Waals surface area contributed by atoms with E-state index in [0.717, 1.165) is 29.5 Å². The van der Waals surface area contributed by atoms with Crippen LogP contribution < -0.4 is 22.9 Å². The van der Waals surface area contributed by atoms with Gasteiger partial charge >= 0.3 is 6.03 Å². The summed E-state index contributed by atoms with van der Waals surface area (Å²) in [6.45, 7) is 0.362. The van der Waals surface area contributed by atoms with Gasteiger partial charge in [-0.05, 0) is 61.4 Å². The van der Waals surface area contributed by atoms with E-state index in [1.165, 1.54) is 0 Å². The van der Waals surface area contributed by atoms with E-state index in [-0.39, 0.29) is 63.8 Å². The summed E-state index contributed by atoms with van der Waals surface area (Å²) in [5.74, 6) is -1.46. The largest absolute Gasteiger partial charge is 0.370 e. The van der Waals surface area contributed by atoms with Gasteiger partial charge in [-0.1, -0.05) is 44.0 Å². The Hall–Kier alpha value is -4.63. The summed E-state index contributed by atoms with van der Waals surface area (Å²) in [5.41, 5.74) is 22.6. The summed E-state index contributed by atoms with van der Waals surface area (Å²) in [6.07, 6.45) is 0.430. The van der Waals surface area contributed by atoms with Crippen molar-refractivity contribution in [2.75, 3.05) is 26.2 Å². The molecule has 15 heteroatoms. The Morgan fingerprint density at radius 3 is 1.49 bits per heavy atom. The minimum atomic E-state index is -1.74. The monoisotopic (exact) mass is 764 g/mol. The van der Waals surface area contributed by atoms with Crippen LogP contribution in [0.15, 0.2) is 79.6 Å². The van der Waals surface area contributed by atoms with Gasteiger partial charge in [0.2, 0.25) is 11.8 Å². The number of hydrogen-bond donors (Lipinski definition) is 4. The maximum absolute atomic E-state index is 14.6. The number of nitrogens with zero attached hydrogens (tertiary/aromatic N) is 6. The van der Waals surface area contributed by atoms with Crippen LogP contribution >= 0.6 is 31.9 Å². The Morgan fingerprint density at radius 2 is 1.09 bits per heavy atom. The van der Waals surface area contributed by atoms with Gasteiger partial charge in [-0.15, -0.1) is 0 Å². The number of urea groups is 1. The molecule has 0 atom stereocenters. The topological polar surface area (TPSA) is 212 Å². The third-order valence-electron chi connectivity index (χ3n) is 7.82. The zero-order valence-electron chi connectivity index (χ0n) is 25.4. The van der Waals surface area contributed by atoms with Crippen LogP contribution in [0, 0.1) is 5.41 Å². The third kappa shape index (κ3) is 7.68. The number of guanidine groups is 2. The van der Waals surface area contributed by atoms with Crippen LogP contribution in [0.3, 0.4) is 0 Å². The molecule has 3 heterocycles. The first-order valence-corrected chi connectivity index (χ1v) is 16.4. The molecule has 0 aliphatic carbocycles. The molecule has 2 aromatic heterocycles. The number of benzene rings is 2. The quantitative estimate of drug-likeness (QED) is 0.0721. The summed E-state index contributed by atoms with van der Waals surface area (Å²) in [4.78, 5) is 62.9. The highest BCUT2D eigenvalue weighted by Crippen LogP contribution is 2.37. The van der Waals surface area contributed by atoms with Gasteiger partial charge in [-0.25, -0.2) is 4.79 Å². The molecule has 5 rings (SSSR count). The van der Waals surface area contributed by atoms with Gasteiger partial charge < -0.3 is 22.9 Å². The Morgan fingerprint density at radius 1 is 0.660 bits per heavy atom. The SMILES string of the molecule is NC(N)=NCCCN1C(=O)N(CCCN=C(N)N)C(=O)C(Cc2ccc3cc(Br)ccc3n2)(Cc2ccc3cc(Br)ccc3n2)C1=O. The number of carbonyl (C=O) groups is 3. The zero-order chi connectivity index (χ0) is 33.7. The van der Waals surface area contributed by atoms with Crippen molar-refractivity contribution in [2.45, 2.75) is 25.7 Å². The molecule has 1 fully saturated rings. The van der Waals surface area contributed by atoms with Crippen LogP contribution in [0.1, 0.15) is 24.2 Å². The van der Waals surface area contributed by atoms with Crippen LogP contribution in [0.5, 0.6) is 0 Å². The molecule has 4 aromatic rings. The van der Waals surface area contributed by atoms with E-state index in [1.807, 2.05) is 48.5 Å². The van der Waals surface area contributed by atoms with Gasteiger partial charge in [-0.3, -0.25) is 39.3 Å². The lowest BCUT2D eigenvalue weighted by Crippen LogP contribution is -2.67. The lowest BCUT2D eigenvalue weighted by Gasteiger charge is -2.44. The number of barbiturate groups is 1. The zero-order valence-corrected chi connectivity index (χ0v) is 28.6. The molecule has 4 amide bonds. The fourth-order valence-corrected chi connectivity index (χ4v) is 6.41. The average Bonchev–Trinajstić information content (AvgIpc) is 3.03. The molecule has 0 radical (unpaired) electrons. The number of rotatable bonds is 12. The normalized spacial score (nSPS) is 14.6. The van der Waals surface area contributed by atoms with Crippen LogP contribution in [0.25, 0.3) is 21.8 Å². The second-order valence-corrected chi connectivity index (χ2v) is 13.1. The van der Waals surface area contributed by atoms with Gasteiger partial charge in [0.05, 0.1) is 11.0 Å². The van der Waals surface area contributed by atoms with Crippen LogP contribution in [-0.4, -0.2) is 75.7 Å². The number of aliphatic imine (C=N–C) groups is 2. The lowest BCUT2D eigenvalue weighted by atomic mass is 9.74. The molecule has 1 aliphatic heterocycles. The summed E-state index contributed by atoms with van der Waals surface area (Å²) >= 11 is 6.97. The number of nitrogens with two attached hydrogens (primary N) is 4. The number of pyridine rings is 2. The van der Waals surface area contributed by atoms with Gasteiger partial charge in [-0.2, -0.15) is 0 Å². The number of fused-ring (bicyclic) bond motifs is 2. The number of imide groups is 2. The fourth-order valence-electron chi connectivity index (χ4n) is 5.65. The van der Waals surface area contributed by atoms with Gasteiger partial charge in [0.15, 0.2) is 11.9 Å². The van der Waals surface area contributed by atoms with Crippen molar-refractivity contribution >= 4 is 83.4 Å². The van der Waals surface area contributed by atoms with E-state index in [0.29, 0.717) is 22.4 Å². The number of amides is 4. The number of hydrogen-bond acceptors (Lipinski definition) is 7. The molecule has 1 saturated heterocycles. The Labute approximate surface area is 287 Å². The van der Waals surface area contributed by atoms with E-state index >= 15 is 0 Å². The molecule has 244 valence electrons. The van der Waals surface area contributed by atoms with Gasteiger partial charge in [0.1, 0.15) is 5.41 Å². The van der Waals surface area contributed by atoms with Crippen molar-refractivity contribution in [3.8, 4) is 0 Å². The number of aromatic nitrogens is 2. The summed E-state index contributed by atoms with van der Waals surface area (Å²) in [5, 5.41) is 1.78. The van der Waals surface area contributed by atoms with E-state index in [2.05, 4.69) is 41.8 Å². The highest BCUT2D eigenvalue weighted by Gasteiger charge is 2.57. The van der Waals surface area contributed by atoms with E-state index in [9.17, 15) is 14.4 Å². The molecule has 13 nitrogen and oxygen atoms in total. The first-order chi connectivity index (χ1) is 22.5. The van der Waals surface area contributed by atoms with Crippen LogP contribution in [0.2, 0.25) is 0 Å². The van der Waals surface area contributed by atoms with Crippen LogP contribution in [-0.2, 0) is 22.4 Å². The second kappa shape index (κ2) is 14.4. The number of halogens is 2. The van der Waals surface area contributed by atoms with Crippen LogP contribution in [0.4, 0.5) is 4.79 Å². The van der Waals surface area contributed by atoms with Crippen molar-refractivity contribution in [3.63, 3.8) is 0 Å². The smallest absolute Gasteiger partial charge is 0.333 e. The molecular formula is C32H34Br2N10O3. The highest BCUT2D eigenvalue weighted by atomic mass is 79.9. The maximum atomic E-state index is 14.6. The molecule has 0 unspecified atom stereocenters. The minimum absolute atomic E-state index is 0.00771. The molecule has 1 aliphatic rings. The lowest BCUT2D eigenvalue weighted by molar-refractivity contribution is -0.159. The molecule has 0 bridgehead atoms. The Balaban J connectivity index is 1.60. The minimum Gasteiger partial charge on any atom is -0.370 e. The van der Waals surface area contributed by atoms with Gasteiger partial charge in [0.25, 0.3) is 0 Å². The van der Waals surface area contributed by atoms with E-state index in [1.54, 1.807) is 12.1 Å². The second-order valence-electron chi connectivity index (χ2n) is 11.2. The molecule has 8 N–H and O–H groups in total. The molecule has 0 spiro atoms. The molecule has 2 aromatic carbocycles. The van der Waals surface area contributed by atoms with Gasteiger partial charge in [0, 0.05) is 70.1 Å². The first-order valence-electron chi connectivity index (χ1n) is 14.9. The average molecular weight is 766 g/mol. The fraction of sp³-hybridized carbons (Fsp3) is 0.281.